The smallest absolute Gasteiger partial charge is 0.199 e. The zero-order valence-corrected chi connectivity index (χ0v) is 18.2. The van der Waals surface area contributed by atoms with Crippen LogP contribution in [0, 0.1) is 0 Å². The van der Waals surface area contributed by atoms with Crippen LogP contribution in [0.3, 0.4) is 0 Å². The van der Waals surface area contributed by atoms with E-state index >= 15 is 0 Å². The summed E-state index contributed by atoms with van der Waals surface area (Å²) < 4.78 is 10.8. The van der Waals surface area contributed by atoms with E-state index in [0.29, 0.717) is 28.3 Å². The number of benzene rings is 3. The second kappa shape index (κ2) is 8.39. The monoisotopic (exact) mass is 438 g/mol. The van der Waals surface area contributed by atoms with E-state index in [1.807, 2.05) is 54.6 Å². The lowest BCUT2D eigenvalue weighted by atomic mass is 9.85. The Morgan fingerprint density at radius 2 is 1.52 bits per heavy atom. The molecule has 1 aliphatic heterocycles. The molecule has 164 valence electrons. The van der Waals surface area contributed by atoms with Crippen molar-refractivity contribution in [1.82, 2.24) is 0 Å². The van der Waals surface area contributed by atoms with Gasteiger partial charge in [-0.3, -0.25) is 4.79 Å². The third-order valence-corrected chi connectivity index (χ3v) is 6.05. The molecule has 0 bridgehead atoms. The summed E-state index contributed by atoms with van der Waals surface area (Å²) in [6.45, 7) is 0. The number of Topliss-reactive ketones (excluding diaryl/α,β-unsaturated/α-hetero) is 1. The topological polar surface area (TPSA) is 80.5 Å². The Kier molecular flexibility index (Phi) is 5.26. The SMILES string of the molecule is COc1ccc([C@H]2N=NC(C3=C(O)c4ccccc4C3=O)=C[C@@H]2c2ccccc2)cc1OC. The lowest BCUT2D eigenvalue weighted by Crippen LogP contribution is -2.13. The van der Waals surface area contributed by atoms with Crippen molar-refractivity contribution in [2.75, 3.05) is 14.2 Å². The number of ether oxygens (including phenoxy) is 2. The molecule has 3 aromatic carbocycles. The Hall–Kier alpha value is -4.19. The highest BCUT2D eigenvalue weighted by Crippen LogP contribution is 2.45. The molecule has 0 spiro atoms. The van der Waals surface area contributed by atoms with Crippen LogP contribution in [0.2, 0.25) is 0 Å². The molecule has 5 rings (SSSR count). The van der Waals surface area contributed by atoms with Crippen molar-refractivity contribution >= 4 is 11.5 Å². The number of hydrogen-bond donors (Lipinski definition) is 1. The van der Waals surface area contributed by atoms with Crippen molar-refractivity contribution in [3.63, 3.8) is 0 Å². The van der Waals surface area contributed by atoms with Gasteiger partial charge in [-0.25, -0.2) is 0 Å². The first-order valence-corrected chi connectivity index (χ1v) is 10.6. The fourth-order valence-electron chi connectivity index (χ4n) is 4.39. The number of carbonyl (C=O) groups is 1. The Morgan fingerprint density at radius 1 is 0.818 bits per heavy atom. The van der Waals surface area contributed by atoms with Crippen molar-refractivity contribution in [3.8, 4) is 11.5 Å². The van der Waals surface area contributed by atoms with E-state index in [1.165, 1.54) is 0 Å². The molecule has 6 heteroatoms. The number of allylic oxidation sites excluding steroid dienone is 1. The molecule has 0 fully saturated rings. The van der Waals surface area contributed by atoms with Gasteiger partial charge in [-0.15, -0.1) is 0 Å². The molecule has 0 aromatic heterocycles. The molecule has 0 saturated carbocycles. The number of aliphatic hydroxyl groups is 1. The first-order chi connectivity index (χ1) is 16.1. The highest BCUT2D eigenvalue weighted by atomic mass is 16.5. The molecule has 0 amide bonds. The first kappa shape index (κ1) is 20.7. The summed E-state index contributed by atoms with van der Waals surface area (Å²) in [7, 11) is 3.19. The molecule has 1 aliphatic carbocycles. The van der Waals surface area contributed by atoms with Gasteiger partial charge in [-0.1, -0.05) is 60.7 Å². The maximum Gasteiger partial charge on any atom is 0.199 e. The third-order valence-electron chi connectivity index (χ3n) is 6.05. The summed E-state index contributed by atoms with van der Waals surface area (Å²) in [4.78, 5) is 13.1. The number of carbonyl (C=O) groups excluding carboxylic acids is 1. The maximum absolute atomic E-state index is 13.1. The quantitative estimate of drug-likeness (QED) is 0.526. The van der Waals surface area contributed by atoms with E-state index in [4.69, 9.17) is 9.47 Å². The Balaban J connectivity index is 1.60. The second-order valence-electron chi connectivity index (χ2n) is 7.86. The van der Waals surface area contributed by atoms with Gasteiger partial charge in [0.1, 0.15) is 11.8 Å². The van der Waals surface area contributed by atoms with Crippen LogP contribution >= 0.6 is 0 Å². The van der Waals surface area contributed by atoms with Gasteiger partial charge < -0.3 is 14.6 Å². The summed E-state index contributed by atoms with van der Waals surface area (Å²) in [6.07, 6.45) is 1.92. The van der Waals surface area contributed by atoms with Gasteiger partial charge in [0.25, 0.3) is 0 Å². The normalized spacial score (nSPS) is 19.3. The molecule has 0 saturated heterocycles. The Labute approximate surface area is 191 Å². The van der Waals surface area contributed by atoms with E-state index in [0.717, 1.165) is 11.1 Å². The minimum absolute atomic E-state index is 0.0582. The van der Waals surface area contributed by atoms with E-state index in [1.54, 1.807) is 38.5 Å². The fraction of sp³-hybridized carbons (Fsp3) is 0.148. The van der Waals surface area contributed by atoms with Crippen LogP contribution in [0.15, 0.2) is 100 Å². The molecule has 33 heavy (non-hydrogen) atoms. The summed E-state index contributed by atoms with van der Waals surface area (Å²) in [5.74, 6) is 0.731. The lowest BCUT2D eigenvalue weighted by molar-refractivity contribution is 0.103. The number of azo groups is 1. The van der Waals surface area contributed by atoms with Gasteiger partial charge in [0.05, 0.1) is 25.5 Å². The van der Waals surface area contributed by atoms with Gasteiger partial charge in [0.2, 0.25) is 0 Å². The zero-order valence-electron chi connectivity index (χ0n) is 18.2. The number of ketones is 1. The first-order valence-electron chi connectivity index (χ1n) is 10.6. The fourth-order valence-corrected chi connectivity index (χ4v) is 4.39. The molecule has 0 unspecified atom stereocenters. The van der Waals surface area contributed by atoms with E-state index < -0.39 is 0 Å². The second-order valence-corrected chi connectivity index (χ2v) is 7.86. The Bertz CT molecular complexity index is 1320. The number of methoxy groups -OCH3 is 2. The molecular weight excluding hydrogens is 416 g/mol. The number of rotatable bonds is 5. The Morgan fingerprint density at radius 3 is 2.21 bits per heavy atom. The molecule has 6 nitrogen and oxygen atoms in total. The molecule has 0 radical (unpaired) electrons. The lowest BCUT2D eigenvalue weighted by Gasteiger charge is -2.26. The number of nitrogens with zero attached hydrogens (tertiary/aromatic N) is 2. The highest BCUT2D eigenvalue weighted by molar-refractivity contribution is 6.22. The number of fused-ring (bicyclic) bond motifs is 1. The maximum atomic E-state index is 13.1. The minimum Gasteiger partial charge on any atom is -0.506 e. The molecule has 2 aliphatic rings. The third kappa shape index (κ3) is 3.49. The number of hydrogen-bond acceptors (Lipinski definition) is 6. The van der Waals surface area contributed by atoms with Crippen LogP contribution in [-0.2, 0) is 0 Å². The largest absolute Gasteiger partial charge is 0.506 e. The van der Waals surface area contributed by atoms with Crippen molar-refractivity contribution < 1.29 is 19.4 Å². The minimum atomic E-state index is -0.336. The molecule has 3 aromatic rings. The van der Waals surface area contributed by atoms with Gasteiger partial charge in [0, 0.05) is 17.0 Å². The summed E-state index contributed by atoms with van der Waals surface area (Å²) >= 11 is 0. The van der Waals surface area contributed by atoms with Crippen molar-refractivity contribution in [1.29, 1.82) is 0 Å². The van der Waals surface area contributed by atoms with Crippen LogP contribution in [0.4, 0.5) is 0 Å². The van der Waals surface area contributed by atoms with Gasteiger partial charge in [-0.2, -0.15) is 10.2 Å². The summed E-state index contributed by atoms with van der Waals surface area (Å²) in [5, 5.41) is 19.8. The molecule has 2 atom stereocenters. The highest BCUT2D eigenvalue weighted by Gasteiger charge is 2.35. The van der Waals surface area contributed by atoms with Crippen LogP contribution in [0.1, 0.15) is 39.0 Å². The van der Waals surface area contributed by atoms with Crippen molar-refractivity contribution in [2.24, 2.45) is 10.2 Å². The van der Waals surface area contributed by atoms with Gasteiger partial charge >= 0.3 is 0 Å². The van der Waals surface area contributed by atoms with Crippen LogP contribution in [0.5, 0.6) is 11.5 Å². The summed E-state index contributed by atoms with van der Waals surface area (Å²) in [6, 6.07) is 22.3. The van der Waals surface area contributed by atoms with E-state index in [9.17, 15) is 9.90 Å². The van der Waals surface area contributed by atoms with Gasteiger partial charge in [-0.05, 0) is 29.3 Å². The zero-order chi connectivity index (χ0) is 22.9. The van der Waals surface area contributed by atoms with Crippen molar-refractivity contribution in [3.05, 3.63) is 112 Å². The van der Waals surface area contributed by atoms with Crippen LogP contribution < -0.4 is 9.47 Å². The van der Waals surface area contributed by atoms with Crippen LogP contribution in [0.25, 0.3) is 5.76 Å². The van der Waals surface area contributed by atoms with Gasteiger partial charge in [0.15, 0.2) is 17.3 Å². The van der Waals surface area contributed by atoms with E-state index in [-0.39, 0.29) is 29.1 Å². The molecule has 1 heterocycles. The average molecular weight is 438 g/mol. The molecule has 1 N–H and O–H groups in total. The predicted molar refractivity (Wildman–Crippen MR) is 125 cm³/mol. The molecular formula is C27H22N2O4. The average Bonchev–Trinajstić information content (AvgIpc) is 3.13. The van der Waals surface area contributed by atoms with Crippen molar-refractivity contribution in [2.45, 2.75) is 12.0 Å². The standard InChI is InChI=1S/C27H22N2O4/c1-32-22-13-12-17(14-23(22)33-2)25-20(16-8-4-3-5-9-16)15-21(28-29-25)24-26(30)18-10-6-7-11-19(18)27(24)31/h3-15,20,25,30H,1-2H3/t20-,25-/m1/s1. The van der Waals surface area contributed by atoms with E-state index in [2.05, 4.69) is 10.2 Å². The van der Waals surface area contributed by atoms with Crippen LogP contribution in [-0.4, -0.2) is 25.1 Å². The predicted octanol–water partition coefficient (Wildman–Crippen LogP) is 6.04. The summed E-state index contributed by atoms with van der Waals surface area (Å²) in [5.41, 5.74) is 3.48. The number of aliphatic hydroxyl groups excluding tert-OH is 1.